The van der Waals surface area contributed by atoms with Crippen molar-refractivity contribution in [2.45, 2.75) is 38.6 Å². The number of hydrogen-bond donors (Lipinski definition) is 1. The Morgan fingerprint density at radius 1 is 1.24 bits per heavy atom. The van der Waals surface area contributed by atoms with E-state index in [0.29, 0.717) is 19.0 Å². The van der Waals surface area contributed by atoms with Gasteiger partial charge in [-0.15, -0.1) is 0 Å². The second-order valence-electron chi connectivity index (χ2n) is 5.31. The number of hydrogen-bond acceptors (Lipinski definition) is 5. The predicted molar refractivity (Wildman–Crippen MR) is 77.9 cm³/mol. The first kappa shape index (κ1) is 14.1. The molecule has 0 aliphatic heterocycles. The Labute approximate surface area is 124 Å². The van der Waals surface area contributed by atoms with Crippen molar-refractivity contribution in [1.29, 1.82) is 0 Å². The van der Waals surface area contributed by atoms with Gasteiger partial charge in [0.15, 0.2) is 5.76 Å². The fraction of sp³-hybridized carbons (Fsp3) is 0.438. The lowest BCUT2D eigenvalue weighted by Gasteiger charge is -2.06. The number of aromatic nitrogens is 1. The van der Waals surface area contributed by atoms with Crippen LogP contribution in [-0.2, 0) is 24.5 Å². The van der Waals surface area contributed by atoms with E-state index in [0.717, 1.165) is 24.0 Å². The van der Waals surface area contributed by atoms with Crippen LogP contribution in [0.4, 0.5) is 0 Å². The van der Waals surface area contributed by atoms with Crippen LogP contribution in [0.1, 0.15) is 29.9 Å². The van der Waals surface area contributed by atoms with Gasteiger partial charge in [0.1, 0.15) is 24.7 Å². The number of nitrogens with one attached hydrogen (secondary N) is 1. The van der Waals surface area contributed by atoms with Gasteiger partial charge in [0.25, 0.3) is 0 Å². The number of ether oxygens (including phenoxy) is 2. The van der Waals surface area contributed by atoms with E-state index in [-0.39, 0.29) is 0 Å². The van der Waals surface area contributed by atoms with E-state index in [4.69, 9.17) is 14.0 Å². The van der Waals surface area contributed by atoms with Gasteiger partial charge in [-0.05, 0) is 30.5 Å². The van der Waals surface area contributed by atoms with Gasteiger partial charge in [0.05, 0.1) is 0 Å². The molecular weight excluding hydrogens is 268 g/mol. The van der Waals surface area contributed by atoms with Crippen molar-refractivity contribution in [3.8, 4) is 5.75 Å². The summed E-state index contributed by atoms with van der Waals surface area (Å²) in [7, 11) is 1.62. The van der Waals surface area contributed by atoms with Gasteiger partial charge in [-0.3, -0.25) is 0 Å². The summed E-state index contributed by atoms with van der Waals surface area (Å²) in [6, 6.07) is 10.7. The molecule has 0 saturated heterocycles. The van der Waals surface area contributed by atoms with Crippen LogP contribution in [-0.4, -0.2) is 18.3 Å². The van der Waals surface area contributed by atoms with Gasteiger partial charge >= 0.3 is 0 Å². The highest BCUT2D eigenvalue weighted by Gasteiger charge is 2.19. The first-order valence-electron chi connectivity index (χ1n) is 7.22. The molecule has 5 nitrogen and oxygen atoms in total. The maximum absolute atomic E-state index is 5.69. The summed E-state index contributed by atoms with van der Waals surface area (Å²) in [5.41, 5.74) is 2.04. The quantitative estimate of drug-likeness (QED) is 0.809. The highest BCUT2D eigenvalue weighted by Crippen LogP contribution is 2.20. The van der Waals surface area contributed by atoms with E-state index < -0.39 is 0 Å². The molecule has 1 aromatic carbocycles. The molecular formula is C16H20N2O3. The maximum atomic E-state index is 5.69. The molecule has 1 aromatic heterocycles. The molecule has 1 saturated carbocycles. The molecule has 1 aliphatic carbocycles. The van der Waals surface area contributed by atoms with Crippen molar-refractivity contribution in [2.75, 3.05) is 7.11 Å². The molecule has 1 aliphatic rings. The second kappa shape index (κ2) is 6.74. The van der Waals surface area contributed by atoms with Crippen LogP contribution in [0.3, 0.4) is 0 Å². The fourth-order valence-corrected chi connectivity index (χ4v) is 2.04. The minimum absolute atomic E-state index is 0.396. The molecule has 112 valence electrons. The minimum Gasteiger partial charge on any atom is -0.487 e. The normalized spacial score (nSPS) is 14.3. The first-order chi connectivity index (χ1) is 10.3. The van der Waals surface area contributed by atoms with Gasteiger partial charge in [0, 0.05) is 25.8 Å². The highest BCUT2D eigenvalue weighted by molar-refractivity contribution is 5.27. The summed E-state index contributed by atoms with van der Waals surface area (Å²) in [5.74, 6) is 1.54. The van der Waals surface area contributed by atoms with Crippen molar-refractivity contribution in [3.05, 3.63) is 47.3 Å². The average Bonchev–Trinajstić information content (AvgIpc) is 3.24. The lowest BCUT2D eigenvalue weighted by molar-refractivity contribution is 0.155. The Hall–Kier alpha value is -1.85. The van der Waals surface area contributed by atoms with Crippen molar-refractivity contribution in [3.63, 3.8) is 0 Å². The van der Waals surface area contributed by atoms with Gasteiger partial charge in [0.2, 0.25) is 0 Å². The lowest BCUT2D eigenvalue weighted by atomic mass is 10.2. The Morgan fingerprint density at radius 2 is 2.05 bits per heavy atom. The van der Waals surface area contributed by atoms with Gasteiger partial charge < -0.3 is 19.3 Å². The molecule has 1 fully saturated rings. The van der Waals surface area contributed by atoms with Gasteiger partial charge in [-0.25, -0.2) is 0 Å². The average molecular weight is 288 g/mol. The molecule has 0 bridgehead atoms. The molecule has 0 amide bonds. The molecule has 0 spiro atoms. The summed E-state index contributed by atoms with van der Waals surface area (Å²) < 4.78 is 15.8. The summed E-state index contributed by atoms with van der Waals surface area (Å²) in [6.45, 7) is 1.75. The molecule has 0 atom stereocenters. The number of nitrogens with zero attached hydrogens (tertiary/aromatic N) is 1. The molecule has 1 heterocycles. The number of methoxy groups -OCH3 is 1. The molecule has 0 radical (unpaired) electrons. The van der Waals surface area contributed by atoms with E-state index >= 15 is 0 Å². The van der Waals surface area contributed by atoms with E-state index in [1.807, 2.05) is 18.2 Å². The van der Waals surface area contributed by atoms with Crippen LogP contribution in [0.15, 0.2) is 34.9 Å². The molecule has 5 heteroatoms. The standard InChI is InChI=1S/C16H20N2O3/c1-19-11-16-8-14(18-21-16)10-20-15-6-2-12(3-7-15)9-17-13-4-5-13/h2-3,6-8,13,17H,4-5,9-11H2,1H3. The monoisotopic (exact) mass is 288 g/mol. The van der Waals surface area contributed by atoms with Crippen LogP contribution in [0.5, 0.6) is 5.75 Å². The van der Waals surface area contributed by atoms with Crippen molar-refractivity contribution in [2.24, 2.45) is 0 Å². The van der Waals surface area contributed by atoms with Crippen molar-refractivity contribution < 1.29 is 14.0 Å². The van der Waals surface area contributed by atoms with Gasteiger partial charge in [-0.1, -0.05) is 17.3 Å². The number of rotatable bonds is 8. The smallest absolute Gasteiger partial charge is 0.162 e. The summed E-state index contributed by atoms with van der Waals surface area (Å²) in [4.78, 5) is 0. The molecule has 2 aromatic rings. The molecule has 3 rings (SSSR count). The Kier molecular flexibility index (Phi) is 4.52. The van der Waals surface area contributed by atoms with E-state index in [2.05, 4.69) is 22.6 Å². The largest absolute Gasteiger partial charge is 0.487 e. The Bertz CT molecular complexity index is 561. The van der Waals surface area contributed by atoms with Crippen LogP contribution in [0, 0.1) is 0 Å². The van der Waals surface area contributed by atoms with Gasteiger partial charge in [-0.2, -0.15) is 0 Å². The molecule has 0 unspecified atom stereocenters. The third-order valence-corrected chi connectivity index (χ3v) is 3.38. The highest BCUT2D eigenvalue weighted by atomic mass is 16.5. The van der Waals surface area contributed by atoms with Crippen LogP contribution >= 0.6 is 0 Å². The third-order valence-electron chi connectivity index (χ3n) is 3.38. The van der Waals surface area contributed by atoms with Crippen LogP contribution in [0.25, 0.3) is 0 Å². The summed E-state index contributed by atoms with van der Waals surface area (Å²) in [5, 5.41) is 7.42. The summed E-state index contributed by atoms with van der Waals surface area (Å²) >= 11 is 0. The van der Waals surface area contributed by atoms with Crippen molar-refractivity contribution >= 4 is 0 Å². The van der Waals surface area contributed by atoms with Crippen LogP contribution < -0.4 is 10.1 Å². The van der Waals surface area contributed by atoms with E-state index in [1.165, 1.54) is 18.4 Å². The summed E-state index contributed by atoms with van der Waals surface area (Å²) in [6.07, 6.45) is 2.62. The fourth-order valence-electron chi connectivity index (χ4n) is 2.04. The second-order valence-corrected chi connectivity index (χ2v) is 5.31. The maximum Gasteiger partial charge on any atom is 0.162 e. The zero-order valence-electron chi connectivity index (χ0n) is 12.2. The zero-order chi connectivity index (χ0) is 14.5. The molecule has 21 heavy (non-hydrogen) atoms. The minimum atomic E-state index is 0.396. The topological polar surface area (TPSA) is 56.5 Å². The zero-order valence-corrected chi connectivity index (χ0v) is 12.2. The first-order valence-corrected chi connectivity index (χ1v) is 7.22. The van der Waals surface area contributed by atoms with Crippen LogP contribution in [0.2, 0.25) is 0 Å². The molecule has 1 N–H and O–H groups in total. The lowest BCUT2D eigenvalue weighted by Crippen LogP contribution is -2.15. The SMILES string of the molecule is COCc1cc(COc2ccc(CNC3CC3)cc2)no1. The number of benzene rings is 1. The Balaban J connectivity index is 1.47. The predicted octanol–water partition coefficient (Wildman–Crippen LogP) is 2.65. The third kappa shape index (κ3) is 4.31. The van der Waals surface area contributed by atoms with E-state index in [9.17, 15) is 0 Å². The van der Waals surface area contributed by atoms with E-state index in [1.54, 1.807) is 7.11 Å². The Morgan fingerprint density at radius 3 is 2.76 bits per heavy atom. The van der Waals surface area contributed by atoms with Crippen molar-refractivity contribution in [1.82, 2.24) is 10.5 Å².